The Morgan fingerprint density at radius 3 is 2.59 bits per heavy atom. The molecule has 1 aliphatic heterocycles. The predicted octanol–water partition coefficient (Wildman–Crippen LogP) is 4.75. The molecular weight excluding hydrogens is 447 g/mol. The van der Waals surface area contributed by atoms with E-state index in [0.717, 1.165) is 23.9 Å². The van der Waals surface area contributed by atoms with Crippen LogP contribution in [0.1, 0.15) is 59.6 Å². The quantitative estimate of drug-likeness (QED) is 0.539. The molecule has 4 rings (SSSR count). The van der Waals surface area contributed by atoms with Crippen molar-refractivity contribution in [2.75, 3.05) is 0 Å². The second-order valence-electron chi connectivity index (χ2n) is 8.42. The second-order valence-corrected chi connectivity index (χ2v) is 8.42. The number of fused-ring (bicyclic) bond motifs is 1. The van der Waals surface area contributed by atoms with Gasteiger partial charge in [0.2, 0.25) is 0 Å². The SMILES string of the molecule is CC(C)c1cc(-n2cc3c(n2)CN(C(=O)c2cc(C#N)ccc2O[C@@H](C)C(F)(F)F)C3)ccn1. The molecule has 1 atom stereocenters. The minimum Gasteiger partial charge on any atom is -0.480 e. The van der Waals surface area contributed by atoms with Gasteiger partial charge in [-0.05, 0) is 43.2 Å². The Kier molecular flexibility index (Phi) is 6.04. The summed E-state index contributed by atoms with van der Waals surface area (Å²) in [6.07, 6.45) is -3.15. The lowest BCUT2D eigenvalue weighted by molar-refractivity contribution is -0.189. The molecule has 1 aliphatic rings. The number of halogens is 3. The number of nitriles is 1. The van der Waals surface area contributed by atoms with Crippen LogP contribution in [0.4, 0.5) is 13.2 Å². The Hall–Kier alpha value is -3.87. The Labute approximate surface area is 194 Å². The molecule has 0 spiro atoms. The van der Waals surface area contributed by atoms with Crippen molar-refractivity contribution in [3.63, 3.8) is 0 Å². The third-order valence-corrected chi connectivity index (χ3v) is 5.59. The summed E-state index contributed by atoms with van der Waals surface area (Å²) in [7, 11) is 0. The van der Waals surface area contributed by atoms with Crippen LogP contribution in [0.25, 0.3) is 5.69 Å². The van der Waals surface area contributed by atoms with Crippen molar-refractivity contribution in [3.05, 3.63) is 70.8 Å². The van der Waals surface area contributed by atoms with Crippen LogP contribution in [0.2, 0.25) is 0 Å². The number of carbonyl (C=O) groups excluding carboxylic acids is 1. The van der Waals surface area contributed by atoms with Crippen LogP contribution in [0.3, 0.4) is 0 Å². The number of benzene rings is 1. The van der Waals surface area contributed by atoms with Crippen molar-refractivity contribution in [1.29, 1.82) is 5.26 Å². The highest BCUT2D eigenvalue weighted by Crippen LogP contribution is 2.31. The van der Waals surface area contributed by atoms with Crippen LogP contribution in [0.5, 0.6) is 5.75 Å². The minimum absolute atomic E-state index is 0.0936. The van der Waals surface area contributed by atoms with E-state index in [0.29, 0.717) is 5.69 Å². The summed E-state index contributed by atoms with van der Waals surface area (Å²) in [5, 5.41) is 13.8. The Morgan fingerprint density at radius 2 is 1.94 bits per heavy atom. The first-order valence-electron chi connectivity index (χ1n) is 10.7. The standard InChI is InChI=1S/C24H22F3N5O2/c1-14(2)20-9-18(6-7-29-20)32-12-17-11-31(13-21(17)30-32)23(33)19-8-16(10-28)4-5-22(19)34-15(3)24(25,26)27/h4-9,12,14-15H,11,13H2,1-3H3/t15-/m0/s1. The molecule has 0 fully saturated rings. The topological polar surface area (TPSA) is 84.0 Å². The maximum atomic E-state index is 13.2. The van der Waals surface area contributed by atoms with Crippen LogP contribution < -0.4 is 4.74 Å². The lowest BCUT2D eigenvalue weighted by Gasteiger charge is -2.22. The largest absolute Gasteiger partial charge is 0.480 e. The van der Waals surface area contributed by atoms with Gasteiger partial charge >= 0.3 is 6.18 Å². The summed E-state index contributed by atoms with van der Waals surface area (Å²) in [5.41, 5.74) is 3.37. The number of alkyl halides is 3. The minimum atomic E-state index is -4.59. The van der Waals surface area contributed by atoms with E-state index in [1.54, 1.807) is 10.9 Å². The third kappa shape index (κ3) is 4.59. The van der Waals surface area contributed by atoms with Gasteiger partial charge in [-0.25, -0.2) is 4.68 Å². The molecule has 0 unspecified atom stereocenters. The molecule has 7 nitrogen and oxygen atoms in total. The fourth-order valence-electron chi connectivity index (χ4n) is 3.62. The molecule has 0 N–H and O–H groups in total. The zero-order chi connectivity index (χ0) is 24.6. The van der Waals surface area contributed by atoms with Gasteiger partial charge in [0, 0.05) is 30.2 Å². The monoisotopic (exact) mass is 469 g/mol. The van der Waals surface area contributed by atoms with Gasteiger partial charge in [-0.15, -0.1) is 0 Å². The number of carbonyl (C=O) groups is 1. The highest BCUT2D eigenvalue weighted by molar-refractivity contribution is 5.97. The van der Waals surface area contributed by atoms with Crippen LogP contribution in [-0.2, 0) is 13.1 Å². The van der Waals surface area contributed by atoms with Crippen molar-refractivity contribution in [1.82, 2.24) is 19.7 Å². The van der Waals surface area contributed by atoms with Crippen molar-refractivity contribution in [2.24, 2.45) is 0 Å². The predicted molar refractivity (Wildman–Crippen MR) is 116 cm³/mol. The molecule has 1 aromatic carbocycles. The van der Waals surface area contributed by atoms with E-state index in [4.69, 9.17) is 4.74 Å². The molecule has 0 bridgehead atoms. The normalized spacial score (nSPS) is 14.1. The van der Waals surface area contributed by atoms with Crippen molar-refractivity contribution < 1.29 is 22.7 Å². The van der Waals surface area contributed by atoms with Crippen LogP contribution >= 0.6 is 0 Å². The molecule has 3 heterocycles. The average Bonchev–Trinajstić information content (AvgIpc) is 3.38. The van der Waals surface area contributed by atoms with Gasteiger partial charge in [0.05, 0.1) is 35.1 Å². The molecule has 0 aliphatic carbocycles. The van der Waals surface area contributed by atoms with Gasteiger partial charge in [-0.2, -0.15) is 23.5 Å². The van der Waals surface area contributed by atoms with Crippen LogP contribution in [0.15, 0.2) is 42.7 Å². The van der Waals surface area contributed by atoms with E-state index in [1.165, 1.54) is 23.1 Å². The first-order chi connectivity index (χ1) is 16.1. The van der Waals surface area contributed by atoms with Gasteiger partial charge in [0.25, 0.3) is 5.91 Å². The molecule has 0 radical (unpaired) electrons. The molecule has 10 heteroatoms. The van der Waals surface area contributed by atoms with Gasteiger partial charge in [-0.3, -0.25) is 9.78 Å². The van der Waals surface area contributed by atoms with Crippen molar-refractivity contribution in [3.8, 4) is 17.5 Å². The number of amides is 1. The number of nitrogens with zero attached hydrogens (tertiary/aromatic N) is 5. The van der Waals surface area contributed by atoms with Crippen molar-refractivity contribution >= 4 is 5.91 Å². The van der Waals surface area contributed by atoms with E-state index in [1.807, 2.05) is 38.2 Å². The summed E-state index contributed by atoms with van der Waals surface area (Å²) in [6, 6.07) is 9.49. The maximum Gasteiger partial charge on any atom is 0.425 e. The number of hydrogen-bond acceptors (Lipinski definition) is 5. The molecule has 2 aromatic heterocycles. The summed E-state index contributed by atoms with van der Waals surface area (Å²) < 4.78 is 45.8. The Morgan fingerprint density at radius 1 is 1.18 bits per heavy atom. The van der Waals surface area contributed by atoms with Gasteiger partial charge in [0.1, 0.15) is 5.75 Å². The Balaban J connectivity index is 1.57. The summed E-state index contributed by atoms with van der Waals surface area (Å²) >= 11 is 0. The number of pyridine rings is 1. The number of ether oxygens (including phenoxy) is 1. The van der Waals surface area contributed by atoms with E-state index in [9.17, 15) is 23.2 Å². The van der Waals surface area contributed by atoms with E-state index < -0.39 is 18.2 Å². The van der Waals surface area contributed by atoms with Crippen LogP contribution in [-0.4, -0.2) is 37.9 Å². The lowest BCUT2D eigenvalue weighted by atomic mass is 10.1. The maximum absolute atomic E-state index is 13.2. The summed E-state index contributed by atoms with van der Waals surface area (Å²) in [4.78, 5) is 19.0. The summed E-state index contributed by atoms with van der Waals surface area (Å²) in [5.74, 6) is -0.491. The molecule has 3 aromatic rings. The van der Waals surface area contributed by atoms with Gasteiger partial charge < -0.3 is 9.64 Å². The molecule has 1 amide bonds. The molecular formula is C24H22F3N5O2. The number of rotatable bonds is 5. The highest BCUT2D eigenvalue weighted by Gasteiger charge is 2.39. The average molecular weight is 469 g/mol. The third-order valence-electron chi connectivity index (χ3n) is 5.59. The molecule has 0 saturated carbocycles. The van der Waals surface area contributed by atoms with E-state index in [-0.39, 0.29) is 35.9 Å². The highest BCUT2D eigenvalue weighted by atomic mass is 19.4. The first kappa shape index (κ1) is 23.3. The molecule has 34 heavy (non-hydrogen) atoms. The number of hydrogen-bond donors (Lipinski definition) is 0. The van der Waals surface area contributed by atoms with E-state index >= 15 is 0 Å². The van der Waals surface area contributed by atoms with Gasteiger partial charge in [-0.1, -0.05) is 13.8 Å². The Bertz CT molecular complexity index is 1250. The molecule has 0 saturated heterocycles. The fourth-order valence-corrected chi connectivity index (χ4v) is 3.62. The van der Waals surface area contributed by atoms with Gasteiger partial charge in [0.15, 0.2) is 6.10 Å². The molecule has 176 valence electrons. The van der Waals surface area contributed by atoms with E-state index in [2.05, 4.69) is 10.1 Å². The zero-order valence-electron chi connectivity index (χ0n) is 18.8. The first-order valence-corrected chi connectivity index (χ1v) is 10.7. The summed E-state index contributed by atoms with van der Waals surface area (Å²) in [6.45, 7) is 5.39. The second kappa shape index (κ2) is 8.82. The zero-order valence-corrected chi connectivity index (χ0v) is 18.8. The number of aromatic nitrogens is 3. The van der Waals surface area contributed by atoms with Crippen LogP contribution in [0, 0.1) is 11.3 Å². The lowest BCUT2D eigenvalue weighted by Crippen LogP contribution is -2.32. The van der Waals surface area contributed by atoms with Crippen molar-refractivity contribution in [2.45, 2.75) is 52.1 Å². The smallest absolute Gasteiger partial charge is 0.425 e. The fraction of sp³-hybridized carbons (Fsp3) is 0.333.